The number of hydrogen-bond acceptors (Lipinski definition) is 6. The van der Waals surface area contributed by atoms with Crippen molar-refractivity contribution in [1.82, 2.24) is 14.7 Å². The SMILES string of the molecule is CC(CCN1CCCCCC1)N(C)C1=NC(N(C)C)SS1. The van der Waals surface area contributed by atoms with Gasteiger partial charge in [0.05, 0.1) is 0 Å². The molecule has 1 saturated heterocycles. The predicted octanol–water partition coefficient (Wildman–Crippen LogP) is 3.17. The normalized spacial score (nSPS) is 25.8. The van der Waals surface area contributed by atoms with Gasteiger partial charge in [-0.3, -0.25) is 4.90 Å². The van der Waals surface area contributed by atoms with Gasteiger partial charge in [0.1, 0.15) is 0 Å². The molecule has 0 bridgehead atoms. The van der Waals surface area contributed by atoms with Crippen LogP contribution in [0.3, 0.4) is 0 Å². The van der Waals surface area contributed by atoms with E-state index in [1.807, 2.05) is 21.6 Å². The smallest absolute Gasteiger partial charge is 0.172 e. The minimum atomic E-state index is 0.269. The Labute approximate surface area is 138 Å². The fourth-order valence-electron chi connectivity index (χ4n) is 2.69. The van der Waals surface area contributed by atoms with Gasteiger partial charge in [0, 0.05) is 19.6 Å². The summed E-state index contributed by atoms with van der Waals surface area (Å²) in [6, 6.07) is 0.556. The Morgan fingerprint density at radius 2 is 1.86 bits per heavy atom. The zero-order valence-corrected chi connectivity index (χ0v) is 15.5. The lowest BCUT2D eigenvalue weighted by molar-refractivity contribution is 0.249. The summed E-state index contributed by atoms with van der Waals surface area (Å²) in [4.78, 5) is 12.0. The second kappa shape index (κ2) is 8.65. The number of likely N-dealkylation sites (tertiary alicyclic amines) is 1. The molecule has 0 aromatic rings. The number of amidine groups is 1. The topological polar surface area (TPSA) is 22.1 Å². The Morgan fingerprint density at radius 1 is 1.19 bits per heavy atom. The molecule has 2 unspecified atom stereocenters. The van der Waals surface area contributed by atoms with Gasteiger partial charge in [-0.15, -0.1) is 0 Å². The highest BCUT2D eigenvalue weighted by atomic mass is 33.1. The van der Waals surface area contributed by atoms with Crippen molar-refractivity contribution in [1.29, 1.82) is 0 Å². The zero-order chi connectivity index (χ0) is 15.2. The lowest BCUT2D eigenvalue weighted by Crippen LogP contribution is -2.36. The minimum Gasteiger partial charge on any atom is -0.351 e. The molecule has 0 saturated carbocycles. The summed E-state index contributed by atoms with van der Waals surface area (Å²) in [5.41, 5.74) is 0.269. The number of nitrogens with zero attached hydrogens (tertiary/aromatic N) is 4. The Morgan fingerprint density at radius 3 is 2.43 bits per heavy atom. The summed E-state index contributed by atoms with van der Waals surface area (Å²) in [6.45, 7) is 6.15. The molecular weight excluding hydrogens is 300 g/mol. The van der Waals surface area contributed by atoms with Crippen LogP contribution in [-0.4, -0.2) is 72.2 Å². The quantitative estimate of drug-likeness (QED) is 0.720. The van der Waals surface area contributed by atoms with E-state index in [-0.39, 0.29) is 5.50 Å². The van der Waals surface area contributed by atoms with Crippen LogP contribution in [0.2, 0.25) is 0 Å². The summed E-state index contributed by atoms with van der Waals surface area (Å²) in [6.07, 6.45) is 6.83. The lowest BCUT2D eigenvalue weighted by atomic mass is 10.2. The van der Waals surface area contributed by atoms with Crippen LogP contribution in [-0.2, 0) is 0 Å². The van der Waals surface area contributed by atoms with Crippen molar-refractivity contribution in [2.45, 2.75) is 50.6 Å². The largest absolute Gasteiger partial charge is 0.351 e. The summed E-state index contributed by atoms with van der Waals surface area (Å²) < 4.78 is 0. The zero-order valence-electron chi connectivity index (χ0n) is 13.9. The first-order valence-corrected chi connectivity index (χ1v) is 10.3. The molecule has 4 nitrogen and oxygen atoms in total. The maximum atomic E-state index is 4.80. The van der Waals surface area contributed by atoms with Crippen LogP contribution in [0.4, 0.5) is 0 Å². The molecule has 122 valence electrons. The number of hydrogen-bond donors (Lipinski definition) is 0. The van der Waals surface area contributed by atoms with Gasteiger partial charge in [-0.25, -0.2) is 4.99 Å². The van der Waals surface area contributed by atoms with Gasteiger partial charge in [-0.1, -0.05) is 12.8 Å². The monoisotopic (exact) mass is 330 g/mol. The highest BCUT2D eigenvalue weighted by molar-refractivity contribution is 8.82. The molecule has 6 heteroatoms. The highest BCUT2D eigenvalue weighted by Gasteiger charge is 2.25. The molecule has 2 heterocycles. The first kappa shape index (κ1) is 17.4. The predicted molar refractivity (Wildman–Crippen MR) is 96.8 cm³/mol. The van der Waals surface area contributed by atoms with Gasteiger partial charge in [0.15, 0.2) is 10.7 Å². The van der Waals surface area contributed by atoms with E-state index in [1.165, 1.54) is 56.9 Å². The third kappa shape index (κ3) is 5.34. The van der Waals surface area contributed by atoms with Crippen molar-refractivity contribution in [2.75, 3.05) is 40.8 Å². The van der Waals surface area contributed by atoms with Crippen LogP contribution in [0, 0.1) is 0 Å². The summed E-state index contributed by atoms with van der Waals surface area (Å²) in [5.74, 6) is 0. The molecule has 0 N–H and O–H groups in total. The molecule has 0 aromatic heterocycles. The fraction of sp³-hybridized carbons (Fsp3) is 0.933. The summed E-state index contributed by atoms with van der Waals surface area (Å²) >= 11 is 0. The van der Waals surface area contributed by atoms with Gasteiger partial charge in [-0.2, -0.15) is 0 Å². The van der Waals surface area contributed by atoms with Crippen molar-refractivity contribution in [2.24, 2.45) is 4.99 Å². The second-order valence-electron chi connectivity index (χ2n) is 6.39. The standard InChI is InChI=1S/C15H30N4S2/c1-13(9-12-19-10-7-5-6-8-11-19)18(4)15-16-14(17(2)3)20-21-15/h13-14H,5-12H2,1-4H3. The average Bonchev–Trinajstić information content (AvgIpc) is 2.82. The van der Waals surface area contributed by atoms with Crippen LogP contribution < -0.4 is 0 Å². The van der Waals surface area contributed by atoms with E-state index in [2.05, 4.69) is 42.8 Å². The summed E-state index contributed by atoms with van der Waals surface area (Å²) in [7, 11) is 10.0. The first-order valence-electron chi connectivity index (χ1n) is 8.10. The van der Waals surface area contributed by atoms with Crippen LogP contribution in [0.25, 0.3) is 0 Å². The van der Waals surface area contributed by atoms with E-state index in [0.29, 0.717) is 6.04 Å². The minimum absolute atomic E-state index is 0.269. The van der Waals surface area contributed by atoms with Gasteiger partial charge < -0.3 is 9.80 Å². The van der Waals surface area contributed by atoms with Crippen LogP contribution in [0.1, 0.15) is 39.0 Å². The van der Waals surface area contributed by atoms with E-state index < -0.39 is 0 Å². The average molecular weight is 331 g/mol. The maximum absolute atomic E-state index is 4.80. The van der Waals surface area contributed by atoms with Crippen LogP contribution in [0.15, 0.2) is 4.99 Å². The third-order valence-electron chi connectivity index (χ3n) is 4.40. The summed E-state index contributed by atoms with van der Waals surface area (Å²) in [5, 5.41) is 1.18. The van der Waals surface area contributed by atoms with E-state index in [4.69, 9.17) is 4.99 Å². The lowest BCUT2D eigenvalue weighted by Gasteiger charge is -2.28. The first-order chi connectivity index (χ1) is 10.1. The fourth-order valence-corrected chi connectivity index (χ4v) is 5.32. The molecule has 2 rings (SSSR count). The van der Waals surface area contributed by atoms with Crippen LogP contribution in [0.5, 0.6) is 0 Å². The number of aliphatic imine (C=N–C) groups is 1. The molecule has 2 aliphatic rings. The van der Waals surface area contributed by atoms with Gasteiger partial charge >= 0.3 is 0 Å². The van der Waals surface area contributed by atoms with Crippen molar-refractivity contribution < 1.29 is 0 Å². The Bertz CT molecular complexity index is 341. The van der Waals surface area contributed by atoms with Crippen molar-refractivity contribution in [3.8, 4) is 0 Å². The Balaban J connectivity index is 1.77. The van der Waals surface area contributed by atoms with Crippen molar-refractivity contribution >= 4 is 26.8 Å². The number of rotatable bonds is 5. The molecule has 21 heavy (non-hydrogen) atoms. The molecule has 2 atom stereocenters. The molecular formula is C15H30N4S2. The third-order valence-corrected chi connectivity index (χ3v) is 6.99. The molecule has 2 aliphatic heterocycles. The van der Waals surface area contributed by atoms with E-state index in [9.17, 15) is 0 Å². The van der Waals surface area contributed by atoms with E-state index >= 15 is 0 Å². The Hall–Kier alpha value is 0.0900. The molecule has 0 aliphatic carbocycles. The van der Waals surface area contributed by atoms with Gasteiger partial charge in [-0.05, 0) is 75.0 Å². The molecule has 1 fully saturated rings. The Kier molecular flexibility index (Phi) is 7.19. The van der Waals surface area contributed by atoms with Crippen LogP contribution >= 0.6 is 21.6 Å². The van der Waals surface area contributed by atoms with E-state index in [0.717, 1.165) is 0 Å². The van der Waals surface area contributed by atoms with Gasteiger partial charge in [0.25, 0.3) is 0 Å². The molecule has 0 amide bonds. The molecule has 0 aromatic carbocycles. The van der Waals surface area contributed by atoms with Crippen molar-refractivity contribution in [3.05, 3.63) is 0 Å². The van der Waals surface area contributed by atoms with E-state index in [1.54, 1.807) is 0 Å². The van der Waals surface area contributed by atoms with Crippen molar-refractivity contribution in [3.63, 3.8) is 0 Å². The maximum Gasteiger partial charge on any atom is 0.172 e. The molecule has 0 radical (unpaired) electrons. The highest BCUT2D eigenvalue weighted by Crippen LogP contribution is 2.38. The van der Waals surface area contributed by atoms with Gasteiger partial charge in [0.2, 0.25) is 0 Å². The molecule has 0 spiro atoms. The second-order valence-corrected chi connectivity index (χ2v) is 8.61.